The highest BCUT2D eigenvalue weighted by Crippen LogP contribution is 2.08. The lowest BCUT2D eigenvalue weighted by molar-refractivity contribution is 0.402. The fourth-order valence-electron chi connectivity index (χ4n) is 0.966. The van der Waals surface area contributed by atoms with E-state index in [1.807, 2.05) is 13.8 Å². The van der Waals surface area contributed by atoms with Crippen LogP contribution in [-0.2, 0) is 0 Å². The van der Waals surface area contributed by atoms with Crippen molar-refractivity contribution in [3.05, 3.63) is 0 Å². The highest BCUT2D eigenvalue weighted by molar-refractivity contribution is 4.62. The van der Waals surface area contributed by atoms with Gasteiger partial charge < -0.3 is 10.8 Å². The Labute approximate surface area is 64.3 Å². The maximum Gasteiger partial charge on any atom is -0.00464 e. The molecule has 0 spiro atoms. The van der Waals surface area contributed by atoms with Crippen LogP contribution in [0.4, 0.5) is 0 Å². The molecule has 1 rings (SSSR count). The third-order valence-corrected chi connectivity index (χ3v) is 1.63. The van der Waals surface area contributed by atoms with Crippen molar-refractivity contribution >= 4 is 0 Å². The van der Waals surface area contributed by atoms with Gasteiger partial charge >= 0.3 is 0 Å². The van der Waals surface area contributed by atoms with Crippen molar-refractivity contribution in [1.82, 2.24) is 5.32 Å². The molecule has 0 aromatic heterocycles. The maximum atomic E-state index is 3.32. The van der Waals surface area contributed by atoms with Crippen LogP contribution in [-0.4, -0.2) is 18.6 Å². The van der Waals surface area contributed by atoms with Crippen molar-refractivity contribution in [3.63, 3.8) is 0 Å². The monoisotopic (exact) mass is 147 g/mol. The first-order chi connectivity index (χ1) is 4.39. The van der Waals surface area contributed by atoms with E-state index in [0.717, 1.165) is 5.92 Å². The van der Waals surface area contributed by atoms with Crippen LogP contribution in [0.1, 0.15) is 33.6 Å². The predicted molar refractivity (Wildman–Crippen MR) is 46.2 cm³/mol. The van der Waals surface area contributed by atoms with Gasteiger partial charge in [0.15, 0.2) is 0 Å². The predicted octanol–water partition coefficient (Wildman–Crippen LogP) is 1.21. The van der Waals surface area contributed by atoms with Crippen LogP contribution in [0.15, 0.2) is 0 Å². The molecular weight excluding hydrogens is 126 g/mol. The van der Waals surface area contributed by atoms with Gasteiger partial charge in [-0.25, -0.2) is 0 Å². The summed E-state index contributed by atoms with van der Waals surface area (Å²) in [5.41, 5.74) is 0. The zero-order chi connectivity index (χ0) is 7.11. The highest BCUT2D eigenvalue weighted by Gasteiger charge is 2.04. The molecule has 0 aromatic rings. The van der Waals surface area contributed by atoms with E-state index >= 15 is 0 Å². The average molecular weight is 147 g/mol. The van der Waals surface area contributed by atoms with E-state index < -0.39 is 0 Å². The summed E-state index contributed by atoms with van der Waals surface area (Å²) in [6.45, 7) is 8.79. The summed E-state index contributed by atoms with van der Waals surface area (Å²) in [6, 6.07) is 0. The Bertz CT molecular complexity index is 51.2. The topological polar surface area (TPSA) is 43.5 Å². The van der Waals surface area contributed by atoms with Crippen LogP contribution in [0.25, 0.3) is 0 Å². The molecule has 0 amide bonds. The number of hydrogen-bond acceptors (Lipinski definition) is 1. The molecule has 2 heteroatoms. The largest absolute Gasteiger partial charge is 0.412 e. The average Bonchev–Trinajstić information content (AvgIpc) is 1.94. The molecule has 3 N–H and O–H groups in total. The molecule has 64 valence electrons. The van der Waals surface area contributed by atoms with Crippen molar-refractivity contribution in [1.29, 1.82) is 0 Å². The van der Waals surface area contributed by atoms with E-state index in [-0.39, 0.29) is 5.48 Å². The number of hydrogen-bond donors (Lipinski definition) is 1. The third kappa shape index (κ3) is 6.05. The number of rotatable bonds is 0. The summed E-state index contributed by atoms with van der Waals surface area (Å²) in [7, 11) is 0. The van der Waals surface area contributed by atoms with Crippen LogP contribution >= 0.6 is 0 Å². The van der Waals surface area contributed by atoms with E-state index in [1.165, 1.54) is 25.9 Å². The van der Waals surface area contributed by atoms with Crippen molar-refractivity contribution in [2.24, 2.45) is 5.92 Å². The third-order valence-electron chi connectivity index (χ3n) is 1.63. The summed E-state index contributed by atoms with van der Waals surface area (Å²) >= 11 is 0. The molecule has 1 fully saturated rings. The normalized spacial score (nSPS) is 18.3. The first-order valence-corrected chi connectivity index (χ1v) is 4.10. The molecule has 10 heavy (non-hydrogen) atoms. The summed E-state index contributed by atoms with van der Waals surface area (Å²) in [4.78, 5) is 0. The van der Waals surface area contributed by atoms with Gasteiger partial charge in [0.25, 0.3) is 0 Å². The van der Waals surface area contributed by atoms with Gasteiger partial charge in [-0.15, -0.1) is 0 Å². The zero-order valence-corrected chi connectivity index (χ0v) is 7.41. The van der Waals surface area contributed by atoms with Crippen molar-refractivity contribution < 1.29 is 5.48 Å². The van der Waals surface area contributed by atoms with Gasteiger partial charge in [0, 0.05) is 0 Å². The Hall–Kier alpha value is -0.0800. The fourth-order valence-corrected chi connectivity index (χ4v) is 0.966. The Kier molecular flexibility index (Phi) is 11.2. The molecule has 1 aliphatic heterocycles. The Morgan fingerprint density at radius 3 is 1.70 bits per heavy atom. The lowest BCUT2D eigenvalue weighted by Gasteiger charge is -2.17. The van der Waals surface area contributed by atoms with Gasteiger partial charge in [-0.2, -0.15) is 0 Å². The molecule has 0 aromatic carbocycles. The standard InChI is InChI=1S/C6H13N.C2H6.H2O/c1-6-2-4-7-5-3-6;1-2;/h6-7H,2-5H2,1H3;1-2H3;1H2. The minimum Gasteiger partial charge on any atom is -0.412 e. The second-order valence-electron chi connectivity index (χ2n) is 2.43. The van der Waals surface area contributed by atoms with E-state index in [0.29, 0.717) is 0 Å². The van der Waals surface area contributed by atoms with Gasteiger partial charge in [0.05, 0.1) is 0 Å². The van der Waals surface area contributed by atoms with Crippen molar-refractivity contribution in [2.75, 3.05) is 13.1 Å². The van der Waals surface area contributed by atoms with E-state index in [9.17, 15) is 0 Å². The molecule has 1 heterocycles. The van der Waals surface area contributed by atoms with Crippen LogP contribution in [0, 0.1) is 5.92 Å². The van der Waals surface area contributed by atoms with Gasteiger partial charge in [-0.05, 0) is 31.8 Å². The fraction of sp³-hybridized carbons (Fsp3) is 1.00. The zero-order valence-electron chi connectivity index (χ0n) is 7.41. The molecule has 2 nitrogen and oxygen atoms in total. The van der Waals surface area contributed by atoms with Crippen molar-refractivity contribution in [3.8, 4) is 0 Å². The lowest BCUT2D eigenvalue weighted by atomic mass is 10.0. The lowest BCUT2D eigenvalue weighted by Crippen LogP contribution is -2.26. The minimum absolute atomic E-state index is 0. The molecule has 0 saturated carbocycles. The molecule has 1 saturated heterocycles. The van der Waals surface area contributed by atoms with E-state index in [1.54, 1.807) is 0 Å². The van der Waals surface area contributed by atoms with Crippen LogP contribution in [0.2, 0.25) is 0 Å². The molecule has 0 aliphatic carbocycles. The summed E-state index contributed by atoms with van der Waals surface area (Å²) in [5, 5.41) is 3.32. The Balaban J connectivity index is 0. The second-order valence-corrected chi connectivity index (χ2v) is 2.43. The summed E-state index contributed by atoms with van der Waals surface area (Å²) in [6.07, 6.45) is 2.75. The Morgan fingerprint density at radius 1 is 1.10 bits per heavy atom. The SMILES string of the molecule is CC.CC1CCNCC1.O. The van der Waals surface area contributed by atoms with Gasteiger partial charge in [0.1, 0.15) is 0 Å². The van der Waals surface area contributed by atoms with Gasteiger partial charge in [0.2, 0.25) is 0 Å². The van der Waals surface area contributed by atoms with Crippen LogP contribution < -0.4 is 5.32 Å². The molecular formula is C8H21NO. The maximum absolute atomic E-state index is 3.32. The van der Waals surface area contributed by atoms with Crippen LogP contribution in [0.3, 0.4) is 0 Å². The minimum atomic E-state index is 0. The molecule has 0 atom stereocenters. The number of piperidine rings is 1. The quantitative estimate of drug-likeness (QED) is 0.550. The summed E-state index contributed by atoms with van der Waals surface area (Å²) in [5.74, 6) is 0.973. The van der Waals surface area contributed by atoms with Gasteiger partial charge in [-0.1, -0.05) is 20.8 Å². The summed E-state index contributed by atoms with van der Waals surface area (Å²) < 4.78 is 0. The first kappa shape index (κ1) is 12.6. The molecule has 0 radical (unpaired) electrons. The molecule has 0 bridgehead atoms. The second kappa shape index (κ2) is 8.92. The van der Waals surface area contributed by atoms with Crippen LogP contribution in [0.5, 0.6) is 0 Å². The van der Waals surface area contributed by atoms with Crippen molar-refractivity contribution in [2.45, 2.75) is 33.6 Å². The highest BCUT2D eigenvalue weighted by atomic mass is 16.0. The molecule has 0 unspecified atom stereocenters. The smallest absolute Gasteiger partial charge is 0.00464 e. The first-order valence-electron chi connectivity index (χ1n) is 4.10. The van der Waals surface area contributed by atoms with E-state index in [4.69, 9.17) is 0 Å². The molecule has 1 aliphatic rings. The van der Waals surface area contributed by atoms with E-state index in [2.05, 4.69) is 12.2 Å². The van der Waals surface area contributed by atoms with Gasteiger partial charge in [-0.3, -0.25) is 0 Å². The Morgan fingerprint density at radius 2 is 1.50 bits per heavy atom. The number of nitrogens with one attached hydrogen (secondary N) is 1.